The Kier molecular flexibility index (Phi) is 6.52. The van der Waals surface area contributed by atoms with Gasteiger partial charge in [0, 0.05) is 24.7 Å². The number of nitrogens with one attached hydrogen (secondary N) is 1. The smallest absolute Gasteiger partial charge is 0.124 e. The molecule has 0 spiro atoms. The summed E-state index contributed by atoms with van der Waals surface area (Å²) in [5.41, 5.74) is 1.28. The zero-order valence-corrected chi connectivity index (χ0v) is 13.8. The normalized spacial score (nSPS) is 20.6. The van der Waals surface area contributed by atoms with Crippen LogP contribution in [0.25, 0.3) is 0 Å². The van der Waals surface area contributed by atoms with Crippen LogP contribution in [0, 0.1) is 5.92 Å². The number of rotatable bonds is 8. The number of para-hydroxylation sites is 1. The van der Waals surface area contributed by atoms with Gasteiger partial charge in [-0.2, -0.15) is 0 Å². The van der Waals surface area contributed by atoms with Gasteiger partial charge in [0.15, 0.2) is 0 Å². The highest BCUT2D eigenvalue weighted by atomic mass is 16.5. The molecule has 0 saturated carbocycles. The standard InChI is InChI=1S/C18H30N2O/c1-4-8-15-11-12-20(13-15)14-17(19-3)16-9-6-7-10-18(16)21-5-2/h6-7,9-10,15,17,19H,4-5,8,11-14H2,1-3H3. The zero-order valence-electron chi connectivity index (χ0n) is 13.8. The molecule has 1 aromatic rings. The number of ether oxygens (including phenoxy) is 1. The van der Waals surface area contributed by atoms with Gasteiger partial charge in [0.05, 0.1) is 6.61 Å². The van der Waals surface area contributed by atoms with E-state index in [1.165, 1.54) is 37.9 Å². The SMILES string of the molecule is CCCC1CCN(CC(NC)c2ccccc2OCC)C1. The van der Waals surface area contributed by atoms with E-state index >= 15 is 0 Å². The Labute approximate surface area is 129 Å². The van der Waals surface area contributed by atoms with Crippen LogP contribution in [0.3, 0.4) is 0 Å². The molecule has 21 heavy (non-hydrogen) atoms. The number of nitrogens with zero attached hydrogens (tertiary/aromatic N) is 1. The molecule has 0 amide bonds. The number of hydrogen-bond donors (Lipinski definition) is 1. The predicted molar refractivity (Wildman–Crippen MR) is 88.9 cm³/mol. The first-order chi connectivity index (χ1) is 10.3. The van der Waals surface area contributed by atoms with Gasteiger partial charge in [-0.1, -0.05) is 31.5 Å². The molecule has 2 unspecified atom stereocenters. The molecular weight excluding hydrogens is 260 g/mol. The first-order valence-corrected chi connectivity index (χ1v) is 8.39. The maximum Gasteiger partial charge on any atom is 0.124 e. The Morgan fingerprint density at radius 1 is 1.33 bits per heavy atom. The van der Waals surface area contributed by atoms with Gasteiger partial charge in [-0.15, -0.1) is 0 Å². The number of likely N-dealkylation sites (tertiary alicyclic amines) is 1. The lowest BCUT2D eigenvalue weighted by Crippen LogP contribution is -2.32. The summed E-state index contributed by atoms with van der Waals surface area (Å²) in [7, 11) is 2.05. The maximum atomic E-state index is 5.79. The van der Waals surface area contributed by atoms with Gasteiger partial charge in [-0.25, -0.2) is 0 Å². The van der Waals surface area contributed by atoms with E-state index in [1.54, 1.807) is 0 Å². The predicted octanol–water partition coefficient (Wildman–Crippen LogP) is 3.47. The fraction of sp³-hybridized carbons (Fsp3) is 0.667. The maximum absolute atomic E-state index is 5.79. The molecule has 1 N–H and O–H groups in total. The quantitative estimate of drug-likeness (QED) is 0.793. The molecule has 1 fully saturated rings. The van der Waals surface area contributed by atoms with Gasteiger partial charge < -0.3 is 15.0 Å². The summed E-state index contributed by atoms with van der Waals surface area (Å²) in [6.45, 7) is 8.61. The molecule has 1 saturated heterocycles. The number of hydrogen-bond acceptors (Lipinski definition) is 3. The third-order valence-electron chi connectivity index (χ3n) is 4.45. The van der Waals surface area contributed by atoms with Gasteiger partial charge in [0.1, 0.15) is 5.75 Å². The van der Waals surface area contributed by atoms with Crippen LogP contribution < -0.4 is 10.1 Å². The van der Waals surface area contributed by atoms with Crippen molar-refractivity contribution >= 4 is 0 Å². The van der Waals surface area contributed by atoms with Crippen LogP contribution in [0.5, 0.6) is 5.75 Å². The van der Waals surface area contributed by atoms with Crippen LogP contribution in [0.15, 0.2) is 24.3 Å². The Bertz CT molecular complexity index is 421. The first-order valence-electron chi connectivity index (χ1n) is 8.39. The van der Waals surface area contributed by atoms with Gasteiger partial charge in [0.2, 0.25) is 0 Å². The van der Waals surface area contributed by atoms with Crippen molar-refractivity contribution in [3.63, 3.8) is 0 Å². The van der Waals surface area contributed by atoms with Gasteiger partial charge in [0.25, 0.3) is 0 Å². The van der Waals surface area contributed by atoms with Crippen LogP contribution in [-0.2, 0) is 0 Å². The van der Waals surface area contributed by atoms with Crippen molar-refractivity contribution in [2.45, 2.75) is 39.2 Å². The molecule has 1 aliphatic heterocycles. The van der Waals surface area contributed by atoms with E-state index in [-0.39, 0.29) is 0 Å². The minimum atomic E-state index is 0.341. The molecule has 0 bridgehead atoms. The fourth-order valence-corrected chi connectivity index (χ4v) is 3.38. The van der Waals surface area contributed by atoms with E-state index in [4.69, 9.17) is 4.74 Å². The second kappa shape index (κ2) is 8.40. The Balaban J connectivity index is 2.00. The fourth-order valence-electron chi connectivity index (χ4n) is 3.38. The lowest BCUT2D eigenvalue weighted by atomic mass is 10.0. The number of likely N-dealkylation sites (N-methyl/N-ethyl adjacent to an activating group) is 1. The second-order valence-corrected chi connectivity index (χ2v) is 6.02. The van der Waals surface area contributed by atoms with Crippen molar-refractivity contribution in [3.05, 3.63) is 29.8 Å². The highest BCUT2D eigenvalue weighted by Gasteiger charge is 2.25. The third kappa shape index (κ3) is 4.45. The van der Waals surface area contributed by atoms with Crippen LogP contribution in [0.1, 0.15) is 44.7 Å². The molecule has 3 heteroatoms. The minimum absolute atomic E-state index is 0.341. The van der Waals surface area contributed by atoms with Crippen molar-refractivity contribution < 1.29 is 4.74 Å². The van der Waals surface area contributed by atoms with Crippen molar-refractivity contribution in [2.75, 3.05) is 33.3 Å². The molecule has 1 heterocycles. The third-order valence-corrected chi connectivity index (χ3v) is 4.45. The Morgan fingerprint density at radius 2 is 2.14 bits per heavy atom. The summed E-state index contributed by atoms with van der Waals surface area (Å²) < 4.78 is 5.79. The second-order valence-electron chi connectivity index (χ2n) is 6.02. The van der Waals surface area contributed by atoms with E-state index in [1.807, 2.05) is 20.0 Å². The summed E-state index contributed by atoms with van der Waals surface area (Å²) >= 11 is 0. The van der Waals surface area contributed by atoms with E-state index < -0.39 is 0 Å². The Hall–Kier alpha value is -1.06. The largest absolute Gasteiger partial charge is 0.494 e. The van der Waals surface area contributed by atoms with Crippen LogP contribution in [0.2, 0.25) is 0 Å². The molecule has 1 aromatic carbocycles. The highest BCUT2D eigenvalue weighted by Crippen LogP contribution is 2.28. The summed E-state index contributed by atoms with van der Waals surface area (Å²) in [4.78, 5) is 2.60. The molecule has 2 rings (SSSR count). The highest BCUT2D eigenvalue weighted by molar-refractivity contribution is 5.36. The Morgan fingerprint density at radius 3 is 2.86 bits per heavy atom. The summed E-state index contributed by atoms with van der Waals surface area (Å²) in [6.07, 6.45) is 4.04. The first kappa shape index (κ1) is 16.3. The lowest BCUT2D eigenvalue weighted by Gasteiger charge is -2.25. The average molecular weight is 290 g/mol. The molecule has 0 radical (unpaired) electrons. The topological polar surface area (TPSA) is 24.5 Å². The van der Waals surface area contributed by atoms with Crippen LogP contribution >= 0.6 is 0 Å². The number of benzene rings is 1. The molecule has 3 nitrogen and oxygen atoms in total. The summed E-state index contributed by atoms with van der Waals surface area (Å²) in [5.74, 6) is 1.92. The zero-order chi connectivity index (χ0) is 15.1. The van der Waals surface area contributed by atoms with Crippen LogP contribution in [0.4, 0.5) is 0 Å². The molecule has 0 aromatic heterocycles. The molecule has 1 aliphatic rings. The van der Waals surface area contributed by atoms with Gasteiger partial charge in [-0.3, -0.25) is 0 Å². The van der Waals surface area contributed by atoms with E-state index in [2.05, 4.69) is 35.3 Å². The van der Waals surface area contributed by atoms with Gasteiger partial charge in [-0.05, 0) is 45.3 Å². The van der Waals surface area contributed by atoms with Crippen molar-refractivity contribution in [3.8, 4) is 5.75 Å². The van der Waals surface area contributed by atoms with E-state index in [9.17, 15) is 0 Å². The van der Waals surface area contributed by atoms with E-state index in [0.717, 1.165) is 24.8 Å². The van der Waals surface area contributed by atoms with Crippen molar-refractivity contribution in [1.82, 2.24) is 10.2 Å². The van der Waals surface area contributed by atoms with Crippen LogP contribution in [-0.4, -0.2) is 38.2 Å². The monoisotopic (exact) mass is 290 g/mol. The minimum Gasteiger partial charge on any atom is -0.494 e. The van der Waals surface area contributed by atoms with Gasteiger partial charge >= 0.3 is 0 Å². The van der Waals surface area contributed by atoms with Crippen molar-refractivity contribution in [1.29, 1.82) is 0 Å². The molecule has 0 aliphatic carbocycles. The molecule has 2 atom stereocenters. The van der Waals surface area contributed by atoms with E-state index in [0.29, 0.717) is 6.04 Å². The van der Waals surface area contributed by atoms with Crippen molar-refractivity contribution in [2.24, 2.45) is 5.92 Å². The molecule has 118 valence electrons. The average Bonchev–Trinajstić information content (AvgIpc) is 2.94. The lowest BCUT2D eigenvalue weighted by molar-refractivity contribution is 0.278. The summed E-state index contributed by atoms with van der Waals surface area (Å²) in [6, 6.07) is 8.76. The summed E-state index contributed by atoms with van der Waals surface area (Å²) in [5, 5.41) is 3.47. The molecular formula is C18H30N2O.